The number of anilines is 2. The van der Waals surface area contributed by atoms with Crippen molar-refractivity contribution in [3.05, 3.63) is 11.9 Å². The SMILES string of the molecule is CCCNc1cc(NCCC2CCC2)nc(C(C)C)n1. The van der Waals surface area contributed by atoms with Gasteiger partial charge in [-0.3, -0.25) is 0 Å². The molecule has 0 aliphatic heterocycles. The quantitative estimate of drug-likeness (QED) is 0.753. The van der Waals surface area contributed by atoms with E-state index in [1.54, 1.807) is 0 Å². The Kier molecular flexibility index (Phi) is 5.62. The molecule has 0 amide bonds. The monoisotopic (exact) mass is 276 g/mol. The zero-order valence-electron chi connectivity index (χ0n) is 13.1. The van der Waals surface area contributed by atoms with Crippen molar-refractivity contribution in [3.8, 4) is 0 Å². The highest BCUT2D eigenvalue weighted by Gasteiger charge is 2.16. The van der Waals surface area contributed by atoms with Gasteiger partial charge in [0, 0.05) is 25.1 Å². The van der Waals surface area contributed by atoms with Crippen LogP contribution in [0.4, 0.5) is 11.6 Å². The van der Waals surface area contributed by atoms with Gasteiger partial charge >= 0.3 is 0 Å². The van der Waals surface area contributed by atoms with Crippen LogP contribution in [0.2, 0.25) is 0 Å². The Balaban J connectivity index is 1.95. The van der Waals surface area contributed by atoms with Crippen LogP contribution in [0.25, 0.3) is 0 Å². The summed E-state index contributed by atoms with van der Waals surface area (Å²) in [5, 5.41) is 6.83. The second-order valence-corrected chi connectivity index (χ2v) is 6.09. The normalized spacial score (nSPS) is 15.2. The molecular weight excluding hydrogens is 248 g/mol. The van der Waals surface area contributed by atoms with Crippen molar-refractivity contribution in [2.45, 2.75) is 58.8 Å². The second-order valence-electron chi connectivity index (χ2n) is 6.09. The molecule has 4 heteroatoms. The highest BCUT2D eigenvalue weighted by molar-refractivity contribution is 5.47. The van der Waals surface area contributed by atoms with Gasteiger partial charge in [-0.25, -0.2) is 9.97 Å². The summed E-state index contributed by atoms with van der Waals surface area (Å²) in [6.07, 6.45) is 6.60. The molecule has 2 N–H and O–H groups in total. The lowest BCUT2D eigenvalue weighted by Gasteiger charge is -2.25. The van der Waals surface area contributed by atoms with Crippen molar-refractivity contribution in [2.75, 3.05) is 23.7 Å². The number of nitrogens with zero attached hydrogens (tertiary/aromatic N) is 2. The average Bonchev–Trinajstić information content (AvgIpc) is 2.39. The van der Waals surface area contributed by atoms with Crippen LogP contribution in [0.3, 0.4) is 0 Å². The highest BCUT2D eigenvalue weighted by atomic mass is 15.1. The van der Waals surface area contributed by atoms with Gasteiger partial charge in [-0.05, 0) is 18.8 Å². The third-order valence-corrected chi connectivity index (χ3v) is 3.90. The van der Waals surface area contributed by atoms with E-state index in [1.165, 1.54) is 25.7 Å². The Hall–Kier alpha value is -1.32. The van der Waals surface area contributed by atoms with Gasteiger partial charge in [0.1, 0.15) is 17.5 Å². The van der Waals surface area contributed by atoms with Crippen LogP contribution < -0.4 is 10.6 Å². The van der Waals surface area contributed by atoms with Crippen LogP contribution in [0.1, 0.15) is 64.6 Å². The van der Waals surface area contributed by atoms with E-state index in [2.05, 4.69) is 41.4 Å². The van der Waals surface area contributed by atoms with Gasteiger partial charge in [-0.1, -0.05) is 40.0 Å². The number of nitrogens with one attached hydrogen (secondary N) is 2. The molecule has 0 bridgehead atoms. The smallest absolute Gasteiger partial charge is 0.135 e. The van der Waals surface area contributed by atoms with Crippen molar-refractivity contribution in [1.82, 2.24) is 9.97 Å². The van der Waals surface area contributed by atoms with E-state index in [4.69, 9.17) is 0 Å². The fourth-order valence-electron chi connectivity index (χ4n) is 2.34. The molecule has 2 rings (SSSR count). The Morgan fingerprint density at radius 1 is 1.15 bits per heavy atom. The van der Waals surface area contributed by atoms with E-state index < -0.39 is 0 Å². The van der Waals surface area contributed by atoms with Gasteiger partial charge in [0.05, 0.1) is 0 Å². The molecule has 0 unspecified atom stereocenters. The first-order valence-corrected chi connectivity index (χ1v) is 8.05. The molecule has 0 radical (unpaired) electrons. The minimum atomic E-state index is 0.352. The Labute approximate surface area is 122 Å². The minimum absolute atomic E-state index is 0.352. The third kappa shape index (κ3) is 4.36. The third-order valence-electron chi connectivity index (χ3n) is 3.90. The van der Waals surface area contributed by atoms with Gasteiger partial charge in [-0.15, -0.1) is 0 Å². The summed E-state index contributed by atoms with van der Waals surface area (Å²) in [6.45, 7) is 8.41. The molecular formula is C16H28N4. The van der Waals surface area contributed by atoms with Crippen LogP contribution in [0.15, 0.2) is 6.07 Å². The maximum absolute atomic E-state index is 4.62. The fraction of sp³-hybridized carbons (Fsp3) is 0.750. The maximum atomic E-state index is 4.62. The van der Waals surface area contributed by atoms with Crippen molar-refractivity contribution in [1.29, 1.82) is 0 Å². The molecule has 0 atom stereocenters. The number of hydrogen-bond donors (Lipinski definition) is 2. The van der Waals surface area contributed by atoms with Crippen molar-refractivity contribution < 1.29 is 0 Å². The number of hydrogen-bond acceptors (Lipinski definition) is 4. The summed E-state index contributed by atoms with van der Waals surface area (Å²) >= 11 is 0. The van der Waals surface area contributed by atoms with Gasteiger partial charge in [0.25, 0.3) is 0 Å². The lowest BCUT2D eigenvalue weighted by atomic mass is 9.83. The zero-order valence-corrected chi connectivity index (χ0v) is 13.1. The molecule has 1 saturated carbocycles. The average molecular weight is 276 g/mol. The molecule has 1 aliphatic rings. The largest absolute Gasteiger partial charge is 0.370 e. The molecule has 1 heterocycles. The fourth-order valence-corrected chi connectivity index (χ4v) is 2.34. The summed E-state index contributed by atoms with van der Waals surface area (Å²) in [7, 11) is 0. The Morgan fingerprint density at radius 3 is 2.30 bits per heavy atom. The Morgan fingerprint density at radius 2 is 1.80 bits per heavy atom. The molecule has 20 heavy (non-hydrogen) atoms. The zero-order chi connectivity index (χ0) is 14.4. The van der Waals surface area contributed by atoms with E-state index in [9.17, 15) is 0 Å². The van der Waals surface area contributed by atoms with E-state index in [0.717, 1.165) is 42.9 Å². The highest BCUT2D eigenvalue weighted by Crippen LogP contribution is 2.29. The predicted octanol–water partition coefficient (Wildman–Crippen LogP) is 4.02. The summed E-state index contributed by atoms with van der Waals surface area (Å²) < 4.78 is 0. The van der Waals surface area contributed by atoms with Crippen LogP contribution in [0.5, 0.6) is 0 Å². The van der Waals surface area contributed by atoms with Crippen LogP contribution in [-0.2, 0) is 0 Å². The summed E-state index contributed by atoms with van der Waals surface area (Å²) in [5.41, 5.74) is 0. The topological polar surface area (TPSA) is 49.8 Å². The van der Waals surface area contributed by atoms with E-state index in [1.807, 2.05) is 6.07 Å². The standard InChI is InChI=1S/C16H28N4/c1-4-9-17-14-11-15(20-16(19-14)12(2)3)18-10-8-13-6-5-7-13/h11-13H,4-10H2,1-3H3,(H2,17,18,19,20). The van der Waals surface area contributed by atoms with Crippen molar-refractivity contribution >= 4 is 11.6 Å². The van der Waals surface area contributed by atoms with Gasteiger partial charge < -0.3 is 10.6 Å². The molecule has 4 nitrogen and oxygen atoms in total. The maximum Gasteiger partial charge on any atom is 0.135 e. The molecule has 112 valence electrons. The van der Waals surface area contributed by atoms with Gasteiger partial charge in [0.15, 0.2) is 0 Å². The number of rotatable bonds is 8. The summed E-state index contributed by atoms with van der Waals surface area (Å²) in [4.78, 5) is 9.20. The summed E-state index contributed by atoms with van der Waals surface area (Å²) in [6, 6.07) is 2.03. The first-order valence-electron chi connectivity index (χ1n) is 8.05. The van der Waals surface area contributed by atoms with Crippen LogP contribution in [-0.4, -0.2) is 23.1 Å². The lowest BCUT2D eigenvalue weighted by molar-refractivity contribution is 0.303. The molecule has 0 saturated heterocycles. The van der Waals surface area contributed by atoms with Gasteiger partial charge in [-0.2, -0.15) is 0 Å². The van der Waals surface area contributed by atoms with E-state index in [0.29, 0.717) is 5.92 Å². The molecule has 1 fully saturated rings. The first-order chi connectivity index (χ1) is 9.69. The van der Waals surface area contributed by atoms with Crippen molar-refractivity contribution in [3.63, 3.8) is 0 Å². The van der Waals surface area contributed by atoms with Gasteiger partial charge in [0.2, 0.25) is 0 Å². The van der Waals surface area contributed by atoms with E-state index in [-0.39, 0.29) is 0 Å². The first kappa shape index (κ1) is 15.1. The summed E-state index contributed by atoms with van der Waals surface area (Å²) in [5.74, 6) is 4.10. The van der Waals surface area contributed by atoms with Crippen LogP contribution >= 0.6 is 0 Å². The second kappa shape index (κ2) is 7.46. The van der Waals surface area contributed by atoms with E-state index >= 15 is 0 Å². The molecule has 1 aliphatic carbocycles. The lowest BCUT2D eigenvalue weighted by Crippen LogP contribution is -2.16. The van der Waals surface area contributed by atoms with Crippen molar-refractivity contribution in [2.24, 2.45) is 5.92 Å². The minimum Gasteiger partial charge on any atom is -0.370 e. The number of aromatic nitrogens is 2. The molecule has 0 spiro atoms. The molecule has 0 aromatic carbocycles. The molecule has 1 aromatic rings. The molecule has 1 aromatic heterocycles. The van der Waals surface area contributed by atoms with Crippen LogP contribution in [0, 0.1) is 5.92 Å². The predicted molar refractivity (Wildman–Crippen MR) is 85.3 cm³/mol. The Bertz CT molecular complexity index is 413.